The molecule has 5 heteroatoms. The van der Waals surface area contributed by atoms with E-state index in [4.69, 9.17) is 0 Å². The molecule has 112 valence electrons. The van der Waals surface area contributed by atoms with Crippen molar-refractivity contribution in [3.63, 3.8) is 0 Å². The summed E-state index contributed by atoms with van der Waals surface area (Å²) < 4.78 is 0. The minimum absolute atomic E-state index is 0.182. The zero-order valence-electron chi connectivity index (χ0n) is 12.4. The normalized spacial score (nSPS) is 32.8. The van der Waals surface area contributed by atoms with Gasteiger partial charge in [-0.05, 0) is 32.4 Å². The molecule has 1 aromatic rings. The summed E-state index contributed by atoms with van der Waals surface area (Å²) >= 11 is 0. The van der Waals surface area contributed by atoms with E-state index >= 15 is 0 Å². The Morgan fingerprint density at radius 3 is 2.48 bits per heavy atom. The first-order valence-corrected chi connectivity index (χ1v) is 6.91. The molecule has 1 fully saturated rings. The van der Waals surface area contributed by atoms with E-state index in [0.717, 1.165) is 0 Å². The van der Waals surface area contributed by atoms with Gasteiger partial charge in [-0.3, -0.25) is 19.4 Å². The highest BCUT2D eigenvalue weighted by Gasteiger charge is 2.53. The molecule has 0 saturated heterocycles. The number of aliphatic hydroxyl groups is 1. The Hall–Kier alpha value is -1.88. The lowest BCUT2D eigenvalue weighted by Crippen LogP contribution is -2.53. The van der Waals surface area contributed by atoms with Gasteiger partial charge >= 0.3 is 0 Å². The van der Waals surface area contributed by atoms with Crippen LogP contribution in [0.2, 0.25) is 0 Å². The van der Waals surface area contributed by atoms with Gasteiger partial charge in [0, 0.05) is 24.7 Å². The van der Waals surface area contributed by atoms with Gasteiger partial charge < -0.3 is 5.11 Å². The van der Waals surface area contributed by atoms with Crippen molar-refractivity contribution < 1.29 is 19.5 Å². The summed E-state index contributed by atoms with van der Waals surface area (Å²) in [6, 6.07) is 3.43. The van der Waals surface area contributed by atoms with Crippen LogP contribution in [0.15, 0.2) is 24.5 Å². The molecule has 21 heavy (non-hydrogen) atoms. The third-order valence-corrected chi connectivity index (χ3v) is 4.21. The van der Waals surface area contributed by atoms with Crippen LogP contribution in [0, 0.1) is 11.8 Å². The fourth-order valence-corrected chi connectivity index (χ4v) is 3.48. The zero-order chi connectivity index (χ0) is 15.8. The standard InChI is InChI=1S/C16H19NO4/c1-9(18)13-12(20)7-16(3,21)15(10(2)19)14(13)11-5-4-6-17-8-11/h4-6,8,13-15,21H,7H2,1-3H3/t13-,14-,15-,16-/m1/s1. The highest BCUT2D eigenvalue weighted by Crippen LogP contribution is 2.46. The Bertz CT molecular complexity index is 579. The van der Waals surface area contributed by atoms with Gasteiger partial charge in [-0.15, -0.1) is 0 Å². The quantitative estimate of drug-likeness (QED) is 0.848. The van der Waals surface area contributed by atoms with Crippen molar-refractivity contribution in [1.29, 1.82) is 0 Å². The maximum absolute atomic E-state index is 12.3. The van der Waals surface area contributed by atoms with Crippen LogP contribution < -0.4 is 0 Å². The second-order valence-electron chi connectivity index (χ2n) is 5.99. The first-order valence-electron chi connectivity index (χ1n) is 6.91. The number of hydrogen-bond donors (Lipinski definition) is 1. The Morgan fingerprint density at radius 2 is 2.00 bits per heavy atom. The molecule has 1 aliphatic carbocycles. The molecule has 0 unspecified atom stereocenters. The number of rotatable bonds is 3. The lowest BCUT2D eigenvalue weighted by Gasteiger charge is -2.44. The van der Waals surface area contributed by atoms with Crippen molar-refractivity contribution in [2.75, 3.05) is 0 Å². The van der Waals surface area contributed by atoms with Gasteiger partial charge in [0.15, 0.2) is 0 Å². The Morgan fingerprint density at radius 1 is 1.33 bits per heavy atom. The van der Waals surface area contributed by atoms with Gasteiger partial charge in [0.25, 0.3) is 0 Å². The summed E-state index contributed by atoms with van der Waals surface area (Å²) in [5, 5.41) is 10.5. The number of aromatic nitrogens is 1. The van der Waals surface area contributed by atoms with E-state index in [1.54, 1.807) is 24.5 Å². The third kappa shape index (κ3) is 2.78. The molecule has 1 heterocycles. The van der Waals surface area contributed by atoms with E-state index in [-0.39, 0.29) is 23.8 Å². The molecular weight excluding hydrogens is 270 g/mol. The molecule has 1 aliphatic rings. The molecule has 0 radical (unpaired) electrons. The smallest absolute Gasteiger partial charge is 0.146 e. The first kappa shape index (κ1) is 15.5. The monoisotopic (exact) mass is 289 g/mol. The molecule has 1 saturated carbocycles. The van der Waals surface area contributed by atoms with Crippen LogP contribution in [0.25, 0.3) is 0 Å². The van der Waals surface area contributed by atoms with Crippen LogP contribution in [-0.2, 0) is 14.4 Å². The van der Waals surface area contributed by atoms with E-state index in [0.29, 0.717) is 5.56 Å². The number of carbonyl (C=O) groups is 3. The number of nitrogens with zero attached hydrogens (tertiary/aromatic N) is 1. The predicted octanol–water partition coefficient (Wildman–Crippen LogP) is 1.30. The number of ketones is 3. The van der Waals surface area contributed by atoms with Gasteiger partial charge in [0.1, 0.15) is 17.3 Å². The number of Topliss-reactive ketones (excluding diaryl/α,β-unsaturated/α-hetero) is 3. The number of carbonyl (C=O) groups excluding carboxylic acids is 3. The maximum atomic E-state index is 12.3. The fraction of sp³-hybridized carbons (Fsp3) is 0.500. The first-order chi connectivity index (χ1) is 9.75. The molecule has 0 spiro atoms. The molecule has 5 nitrogen and oxygen atoms in total. The van der Waals surface area contributed by atoms with Crippen LogP contribution in [-0.4, -0.2) is 33.0 Å². The molecule has 1 N–H and O–H groups in total. The topological polar surface area (TPSA) is 84.3 Å². The summed E-state index contributed by atoms with van der Waals surface area (Å²) in [5.74, 6) is -3.19. The van der Waals surface area contributed by atoms with E-state index in [2.05, 4.69) is 4.98 Å². The van der Waals surface area contributed by atoms with Crippen molar-refractivity contribution in [3.05, 3.63) is 30.1 Å². The molecule has 1 aromatic heterocycles. The average molecular weight is 289 g/mol. The molecule has 0 bridgehead atoms. The van der Waals surface area contributed by atoms with E-state index < -0.39 is 23.4 Å². The summed E-state index contributed by atoms with van der Waals surface area (Å²) in [4.78, 5) is 40.3. The minimum atomic E-state index is -1.45. The highest BCUT2D eigenvalue weighted by molar-refractivity contribution is 6.05. The lowest BCUT2D eigenvalue weighted by molar-refractivity contribution is -0.151. The van der Waals surface area contributed by atoms with Gasteiger partial charge in [0.05, 0.1) is 17.4 Å². The zero-order valence-corrected chi connectivity index (χ0v) is 12.4. The summed E-state index contributed by atoms with van der Waals surface area (Å²) in [6.45, 7) is 4.22. The molecule has 0 aliphatic heterocycles. The van der Waals surface area contributed by atoms with Crippen LogP contribution in [0.1, 0.15) is 38.7 Å². The predicted molar refractivity (Wildman–Crippen MR) is 75.6 cm³/mol. The Balaban J connectivity index is 2.61. The summed E-state index contributed by atoms with van der Waals surface area (Å²) in [6.07, 6.45) is 2.95. The molecule has 0 amide bonds. The van der Waals surface area contributed by atoms with Crippen molar-refractivity contribution in [3.8, 4) is 0 Å². The van der Waals surface area contributed by atoms with Gasteiger partial charge in [0.2, 0.25) is 0 Å². The van der Waals surface area contributed by atoms with Crippen molar-refractivity contribution in [2.24, 2.45) is 11.8 Å². The van der Waals surface area contributed by atoms with Gasteiger partial charge in [-0.1, -0.05) is 6.07 Å². The van der Waals surface area contributed by atoms with Crippen molar-refractivity contribution in [1.82, 2.24) is 4.98 Å². The number of hydrogen-bond acceptors (Lipinski definition) is 5. The third-order valence-electron chi connectivity index (χ3n) is 4.21. The van der Waals surface area contributed by atoms with Crippen LogP contribution in [0.4, 0.5) is 0 Å². The largest absolute Gasteiger partial charge is 0.389 e. The van der Waals surface area contributed by atoms with Crippen molar-refractivity contribution >= 4 is 17.3 Å². The highest BCUT2D eigenvalue weighted by atomic mass is 16.3. The van der Waals surface area contributed by atoms with E-state index in [1.165, 1.54) is 20.8 Å². The van der Waals surface area contributed by atoms with Crippen LogP contribution >= 0.6 is 0 Å². The Labute approximate surface area is 123 Å². The summed E-state index contributed by atoms with van der Waals surface area (Å²) in [5.41, 5.74) is -0.818. The van der Waals surface area contributed by atoms with Crippen molar-refractivity contribution in [2.45, 2.75) is 38.7 Å². The molecular formula is C16H19NO4. The average Bonchev–Trinajstić information content (AvgIpc) is 2.36. The number of pyridine rings is 1. The van der Waals surface area contributed by atoms with E-state index in [9.17, 15) is 19.5 Å². The molecule has 4 atom stereocenters. The second-order valence-corrected chi connectivity index (χ2v) is 5.99. The fourth-order valence-electron chi connectivity index (χ4n) is 3.48. The maximum Gasteiger partial charge on any atom is 0.146 e. The SMILES string of the molecule is CC(=O)[C@@H]1C(=O)C[C@@](C)(O)[C@H](C(C)=O)[C@@H]1c1cccnc1. The van der Waals surface area contributed by atoms with Crippen LogP contribution in [0.5, 0.6) is 0 Å². The van der Waals surface area contributed by atoms with Crippen LogP contribution in [0.3, 0.4) is 0 Å². The van der Waals surface area contributed by atoms with Gasteiger partial charge in [-0.25, -0.2) is 0 Å². The van der Waals surface area contributed by atoms with E-state index in [1.807, 2.05) is 0 Å². The second kappa shape index (κ2) is 5.48. The Kier molecular flexibility index (Phi) is 4.05. The lowest BCUT2D eigenvalue weighted by atomic mass is 9.60. The minimum Gasteiger partial charge on any atom is -0.389 e. The molecule has 2 rings (SSSR count). The summed E-state index contributed by atoms with van der Waals surface area (Å²) in [7, 11) is 0. The van der Waals surface area contributed by atoms with Gasteiger partial charge in [-0.2, -0.15) is 0 Å². The molecule has 0 aromatic carbocycles.